The molecule has 0 radical (unpaired) electrons. The molecule has 0 aliphatic carbocycles. The van der Waals surface area contributed by atoms with E-state index in [9.17, 15) is 8.42 Å². The van der Waals surface area contributed by atoms with Crippen molar-refractivity contribution in [1.82, 2.24) is 4.31 Å². The number of benzene rings is 1. The number of sulfonamides is 1. The Kier molecular flexibility index (Phi) is 4.79. The summed E-state index contributed by atoms with van der Waals surface area (Å²) in [6.45, 7) is 5.93. The van der Waals surface area contributed by atoms with Gasteiger partial charge in [-0.05, 0) is 24.1 Å². The molecule has 112 valence electrons. The molecule has 6 heteroatoms. The fourth-order valence-corrected chi connectivity index (χ4v) is 4.85. The number of thioether (sulfide) groups is 1. The van der Waals surface area contributed by atoms with E-state index >= 15 is 0 Å². The highest BCUT2D eigenvalue weighted by molar-refractivity contribution is 8.00. The summed E-state index contributed by atoms with van der Waals surface area (Å²) in [6, 6.07) is 6.87. The molecule has 4 nitrogen and oxygen atoms in total. The molecule has 0 aromatic heterocycles. The highest BCUT2D eigenvalue weighted by Crippen LogP contribution is 2.32. The van der Waals surface area contributed by atoms with Gasteiger partial charge in [0.1, 0.15) is 0 Å². The van der Waals surface area contributed by atoms with Crippen molar-refractivity contribution >= 4 is 21.8 Å². The zero-order chi connectivity index (χ0) is 14.8. The number of rotatable bonds is 3. The van der Waals surface area contributed by atoms with Crippen molar-refractivity contribution in [2.45, 2.75) is 36.5 Å². The summed E-state index contributed by atoms with van der Waals surface area (Å²) in [5, 5.41) is 0. The summed E-state index contributed by atoms with van der Waals surface area (Å²) < 4.78 is 27.0. The maximum absolute atomic E-state index is 12.6. The Balaban J connectivity index is 2.20. The van der Waals surface area contributed by atoms with Crippen LogP contribution in [0.3, 0.4) is 0 Å². The van der Waals surface area contributed by atoms with E-state index < -0.39 is 10.0 Å². The molecule has 0 unspecified atom stereocenters. The SMILES string of the molecule is CC1(C)CCN(S(=O)(=O)c2ccc(CN)cc2)CCS1. The van der Waals surface area contributed by atoms with Gasteiger partial charge >= 0.3 is 0 Å². The summed E-state index contributed by atoms with van der Waals surface area (Å²) in [6.07, 6.45) is 0.873. The molecule has 1 aromatic carbocycles. The second-order valence-electron chi connectivity index (χ2n) is 5.61. The van der Waals surface area contributed by atoms with E-state index in [1.165, 1.54) is 0 Å². The van der Waals surface area contributed by atoms with Gasteiger partial charge in [-0.15, -0.1) is 0 Å². The first kappa shape index (κ1) is 15.8. The zero-order valence-corrected chi connectivity index (χ0v) is 13.6. The van der Waals surface area contributed by atoms with Crippen LogP contribution >= 0.6 is 11.8 Å². The van der Waals surface area contributed by atoms with E-state index in [-0.39, 0.29) is 4.75 Å². The van der Waals surface area contributed by atoms with E-state index in [2.05, 4.69) is 13.8 Å². The van der Waals surface area contributed by atoms with Crippen molar-refractivity contribution in [3.05, 3.63) is 29.8 Å². The van der Waals surface area contributed by atoms with Gasteiger partial charge in [0, 0.05) is 30.1 Å². The summed E-state index contributed by atoms with van der Waals surface area (Å²) in [4.78, 5) is 0.361. The topological polar surface area (TPSA) is 63.4 Å². The molecule has 1 saturated heterocycles. The average Bonchev–Trinajstić information content (AvgIpc) is 2.60. The Labute approximate surface area is 125 Å². The first-order chi connectivity index (χ1) is 9.35. The Morgan fingerprint density at radius 1 is 1.25 bits per heavy atom. The molecule has 2 rings (SSSR count). The van der Waals surface area contributed by atoms with Crippen LogP contribution < -0.4 is 5.73 Å². The predicted octanol–water partition coefficient (Wildman–Crippen LogP) is 2.05. The molecule has 1 heterocycles. The Morgan fingerprint density at radius 2 is 1.90 bits per heavy atom. The van der Waals surface area contributed by atoms with Gasteiger partial charge in [-0.1, -0.05) is 26.0 Å². The standard InChI is InChI=1S/C14H22N2O2S2/c1-14(2)7-8-16(9-10-19-14)20(17,18)13-5-3-12(11-15)4-6-13/h3-6H,7-11,15H2,1-2H3. The largest absolute Gasteiger partial charge is 0.326 e. The van der Waals surface area contributed by atoms with Gasteiger partial charge < -0.3 is 5.73 Å². The second kappa shape index (κ2) is 6.05. The smallest absolute Gasteiger partial charge is 0.243 e. The Hall–Kier alpha value is -0.560. The molecular formula is C14H22N2O2S2. The van der Waals surface area contributed by atoms with Gasteiger partial charge in [-0.25, -0.2) is 8.42 Å². The quantitative estimate of drug-likeness (QED) is 0.927. The monoisotopic (exact) mass is 314 g/mol. The van der Waals surface area contributed by atoms with Gasteiger partial charge in [0.15, 0.2) is 0 Å². The summed E-state index contributed by atoms with van der Waals surface area (Å²) in [5.41, 5.74) is 6.48. The first-order valence-corrected chi connectivity index (χ1v) is 9.21. The Bertz CT molecular complexity index is 553. The van der Waals surface area contributed by atoms with Crippen molar-refractivity contribution < 1.29 is 8.42 Å². The van der Waals surface area contributed by atoms with Crippen molar-refractivity contribution in [1.29, 1.82) is 0 Å². The third-order valence-electron chi connectivity index (χ3n) is 3.59. The number of nitrogens with zero attached hydrogens (tertiary/aromatic N) is 1. The van der Waals surface area contributed by atoms with Gasteiger partial charge in [0.25, 0.3) is 0 Å². The fourth-order valence-electron chi connectivity index (χ4n) is 2.19. The van der Waals surface area contributed by atoms with Crippen molar-refractivity contribution in [3.8, 4) is 0 Å². The zero-order valence-electron chi connectivity index (χ0n) is 12.0. The lowest BCUT2D eigenvalue weighted by atomic mass is 10.1. The molecule has 1 fully saturated rings. The van der Waals surface area contributed by atoms with Crippen LogP contribution in [0.4, 0.5) is 0 Å². The first-order valence-electron chi connectivity index (χ1n) is 6.78. The average molecular weight is 314 g/mol. The molecule has 0 spiro atoms. The Morgan fingerprint density at radius 3 is 2.50 bits per heavy atom. The fraction of sp³-hybridized carbons (Fsp3) is 0.571. The summed E-state index contributed by atoms with van der Waals surface area (Å²) in [7, 11) is -3.38. The van der Waals surface area contributed by atoms with Crippen LogP contribution in [0.1, 0.15) is 25.8 Å². The second-order valence-corrected chi connectivity index (χ2v) is 9.35. The molecule has 1 aliphatic rings. The highest BCUT2D eigenvalue weighted by atomic mass is 32.2. The van der Waals surface area contributed by atoms with E-state index in [1.807, 2.05) is 11.8 Å². The highest BCUT2D eigenvalue weighted by Gasteiger charge is 2.30. The molecule has 20 heavy (non-hydrogen) atoms. The molecule has 0 bridgehead atoms. The minimum Gasteiger partial charge on any atom is -0.326 e. The van der Waals surface area contributed by atoms with Gasteiger partial charge in [0.2, 0.25) is 10.0 Å². The third-order valence-corrected chi connectivity index (χ3v) is 6.88. The lowest BCUT2D eigenvalue weighted by Crippen LogP contribution is -2.33. The van der Waals surface area contributed by atoms with Crippen LogP contribution in [0.2, 0.25) is 0 Å². The molecule has 0 amide bonds. The molecule has 1 aromatic rings. The van der Waals surface area contributed by atoms with Gasteiger partial charge in [0.05, 0.1) is 4.90 Å². The van der Waals surface area contributed by atoms with E-state index in [0.29, 0.717) is 24.5 Å². The lowest BCUT2D eigenvalue weighted by Gasteiger charge is -2.22. The lowest BCUT2D eigenvalue weighted by molar-refractivity contribution is 0.415. The number of hydrogen-bond donors (Lipinski definition) is 1. The van der Waals surface area contributed by atoms with Crippen molar-refractivity contribution in [2.75, 3.05) is 18.8 Å². The van der Waals surface area contributed by atoms with Crippen molar-refractivity contribution in [3.63, 3.8) is 0 Å². The minimum atomic E-state index is -3.38. The maximum Gasteiger partial charge on any atom is 0.243 e. The molecular weight excluding hydrogens is 292 g/mol. The molecule has 2 N–H and O–H groups in total. The predicted molar refractivity (Wildman–Crippen MR) is 84.2 cm³/mol. The number of hydrogen-bond acceptors (Lipinski definition) is 4. The third kappa shape index (κ3) is 3.55. The number of nitrogens with two attached hydrogens (primary N) is 1. The van der Waals surface area contributed by atoms with Crippen LogP contribution in [0.5, 0.6) is 0 Å². The van der Waals surface area contributed by atoms with Crippen LogP contribution in [0, 0.1) is 0 Å². The molecule has 0 saturated carbocycles. The maximum atomic E-state index is 12.6. The normalized spacial score (nSPS) is 20.6. The van der Waals surface area contributed by atoms with Crippen LogP contribution in [-0.4, -0.2) is 36.3 Å². The molecule has 1 aliphatic heterocycles. The van der Waals surface area contributed by atoms with Gasteiger partial charge in [-0.3, -0.25) is 0 Å². The van der Waals surface area contributed by atoms with Crippen LogP contribution in [0.25, 0.3) is 0 Å². The van der Waals surface area contributed by atoms with Crippen LogP contribution in [0.15, 0.2) is 29.2 Å². The summed E-state index contributed by atoms with van der Waals surface area (Å²) >= 11 is 1.84. The van der Waals surface area contributed by atoms with E-state index in [0.717, 1.165) is 17.7 Å². The van der Waals surface area contributed by atoms with Crippen LogP contribution in [-0.2, 0) is 16.6 Å². The van der Waals surface area contributed by atoms with E-state index in [1.54, 1.807) is 28.6 Å². The summed E-state index contributed by atoms with van der Waals surface area (Å²) in [5.74, 6) is 0.840. The molecule has 0 atom stereocenters. The van der Waals surface area contributed by atoms with Crippen molar-refractivity contribution in [2.24, 2.45) is 5.73 Å². The van der Waals surface area contributed by atoms with Gasteiger partial charge in [-0.2, -0.15) is 16.1 Å². The minimum absolute atomic E-state index is 0.147. The van der Waals surface area contributed by atoms with E-state index in [4.69, 9.17) is 5.73 Å².